The lowest BCUT2D eigenvalue weighted by atomic mass is 9.69. The minimum atomic E-state index is -0.412. The van der Waals surface area contributed by atoms with Gasteiger partial charge in [0.2, 0.25) is 5.89 Å². The quantitative estimate of drug-likeness (QED) is 0.129. The summed E-state index contributed by atoms with van der Waals surface area (Å²) < 4.78 is 18.6. The van der Waals surface area contributed by atoms with E-state index in [1.54, 1.807) is 24.3 Å². The van der Waals surface area contributed by atoms with Crippen LogP contribution in [0.4, 0.5) is 11.4 Å². The van der Waals surface area contributed by atoms with E-state index in [2.05, 4.69) is 60.6 Å². The van der Waals surface area contributed by atoms with Crippen LogP contribution in [0.15, 0.2) is 116 Å². The van der Waals surface area contributed by atoms with E-state index < -0.39 is 5.63 Å². The van der Waals surface area contributed by atoms with E-state index in [1.807, 2.05) is 73.6 Å². The molecule has 0 aliphatic carbocycles. The normalized spacial score (nSPS) is 18.5. The number of oxazole rings is 1. The van der Waals surface area contributed by atoms with Gasteiger partial charge in [0.05, 0.1) is 12.1 Å². The van der Waals surface area contributed by atoms with Gasteiger partial charge in [0.1, 0.15) is 22.6 Å². The van der Waals surface area contributed by atoms with Crippen LogP contribution in [-0.2, 0) is 15.6 Å². The van der Waals surface area contributed by atoms with Crippen LogP contribution in [0.25, 0.3) is 44.8 Å². The molecule has 0 bridgehead atoms. The molecular weight excluding hydrogens is 661 g/mol. The number of para-hydroxylation sites is 2. The molecule has 8 heteroatoms. The van der Waals surface area contributed by atoms with E-state index in [0.717, 1.165) is 48.1 Å². The van der Waals surface area contributed by atoms with Gasteiger partial charge in [0.15, 0.2) is 5.58 Å². The van der Waals surface area contributed by atoms with Crippen molar-refractivity contribution in [1.82, 2.24) is 4.98 Å². The smallest absolute Gasteiger partial charge is 0.343 e. The summed E-state index contributed by atoms with van der Waals surface area (Å²) in [4.78, 5) is 26.6. The Bertz CT molecular complexity index is 2510. The van der Waals surface area contributed by atoms with Crippen molar-refractivity contribution in [2.75, 3.05) is 37.0 Å². The van der Waals surface area contributed by atoms with E-state index in [4.69, 9.17) is 20.1 Å². The number of hydrogen-bond donors (Lipinski definition) is 0. The molecule has 266 valence electrons. The Balaban J connectivity index is 1.20. The van der Waals surface area contributed by atoms with Crippen molar-refractivity contribution in [2.24, 2.45) is 0 Å². The maximum atomic E-state index is 13.7. The van der Waals surface area contributed by atoms with Crippen molar-refractivity contribution in [3.63, 3.8) is 0 Å². The minimum Gasteiger partial charge on any atom is -0.457 e. The third-order valence-corrected chi connectivity index (χ3v) is 10.7. The highest BCUT2D eigenvalue weighted by atomic mass is 16.5. The molecule has 0 N–H and O–H groups in total. The van der Waals surface area contributed by atoms with Crippen molar-refractivity contribution < 1.29 is 13.6 Å². The standard InChI is InChI=1S/C45H42N4O4/c1-44(2)20-22-49-23-21-45(3,4)38-40(49)35(44)27-31-24-29(43(50)53-41(31)38)15-19-34-26-30(39(46-5)42-47-36-10-8-9-11-37(36)52-42)25-33(51-34)18-14-28-12-16-32(17-13-28)48(6)7/h8-19,24-27H,20-23H2,1-4,6-7H3/b18-14+,19-15+,39-30+. The first-order valence-electron chi connectivity index (χ1n) is 18.0. The first-order chi connectivity index (χ1) is 25.4. The maximum Gasteiger partial charge on any atom is 0.343 e. The SMILES string of the molecule is [C-]#[N+]/C(=C1C=C(/C=C/c2ccc(N(C)C)cc2)OC(/C=C/c2cc3cc4c5c(c3oc2=O)C(C)(C)CCN5CCC4(C)C)=C\1)c1nc2ccccc2o1. The Hall–Kier alpha value is -6.07. The fourth-order valence-electron chi connectivity index (χ4n) is 7.57. The fourth-order valence-corrected chi connectivity index (χ4v) is 7.57. The summed E-state index contributed by atoms with van der Waals surface area (Å²) in [5, 5.41) is 0.914. The van der Waals surface area contributed by atoms with Crippen LogP contribution in [0.3, 0.4) is 0 Å². The number of benzene rings is 3. The summed E-state index contributed by atoms with van der Waals surface area (Å²) in [5.41, 5.74) is 8.40. The van der Waals surface area contributed by atoms with Crippen LogP contribution in [-0.4, -0.2) is 32.2 Å². The van der Waals surface area contributed by atoms with E-state index in [-0.39, 0.29) is 22.4 Å². The Kier molecular flexibility index (Phi) is 8.26. The lowest BCUT2D eigenvalue weighted by molar-refractivity contribution is 0.332. The van der Waals surface area contributed by atoms with Crippen molar-refractivity contribution in [1.29, 1.82) is 0 Å². The molecule has 8 nitrogen and oxygen atoms in total. The molecule has 3 aliphatic heterocycles. The highest BCUT2D eigenvalue weighted by Crippen LogP contribution is 2.51. The topological polar surface area (TPSA) is 76.3 Å². The van der Waals surface area contributed by atoms with Gasteiger partial charge < -0.3 is 23.4 Å². The zero-order valence-electron chi connectivity index (χ0n) is 31.0. The van der Waals surface area contributed by atoms with Crippen LogP contribution < -0.4 is 15.4 Å². The Morgan fingerprint density at radius 3 is 2.28 bits per heavy atom. The highest BCUT2D eigenvalue weighted by molar-refractivity contribution is 5.91. The molecule has 5 aromatic rings. The third-order valence-electron chi connectivity index (χ3n) is 10.7. The predicted molar refractivity (Wildman–Crippen MR) is 214 cm³/mol. The molecule has 0 amide bonds. The lowest BCUT2D eigenvalue weighted by Crippen LogP contribution is -2.44. The second-order valence-corrected chi connectivity index (χ2v) is 15.6. The number of nitrogens with zero attached hydrogens (tertiary/aromatic N) is 4. The second-order valence-electron chi connectivity index (χ2n) is 15.6. The van der Waals surface area contributed by atoms with Gasteiger partial charge in [-0.15, -0.1) is 0 Å². The van der Waals surface area contributed by atoms with Gasteiger partial charge >= 0.3 is 5.63 Å². The number of fused-ring (bicyclic) bond motifs is 3. The first-order valence-corrected chi connectivity index (χ1v) is 18.0. The van der Waals surface area contributed by atoms with Crippen LogP contribution in [0.1, 0.15) is 68.7 Å². The zero-order chi connectivity index (χ0) is 37.1. The molecule has 8 rings (SSSR count). The largest absolute Gasteiger partial charge is 0.457 e. The first kappa shape index (κ1) is 34.0. The molecule has 0 radical (unpaired) electrons. The Labute approximate surface area is 309 Å². The third kappa shape index (κ3) is 6.27. The molecule has 0 spiro atoms. The molecule has 53 heavy (non-hydrogen) atoms. The van der Waals surface area contributed by atoms with Gasteiger partial charge in [0, 0.05) is 49.5 Å². The Morgan fingerprint density at radius 1 is 0.887 bits per heavy atom. The molecule has 3 aliphatic rings. The average Bonchev–Trinajstić information content (AvgIpc) is 3.56. The number of anilines is 2. The van der Waals surface area contributed by atoms with Crippen LogP contribution >= 0.6 is 0 Å². The number of allylic oxidation sites excluding steroid dienone is 5. The summed E-state index contributed by atoms with van der Waals surface area (Å²) >= 11 is 0. The Morgan fingerprint density at radius 2 is 1.58 bits per heavy atom. The van der Waals surface area contributed by atoms with Gasteiger partial charge in [-0.25, -0.2) is 14.6 Å². The molecule has 5 heterocycles. The summed E-state index contributed by atoms with van der Waals surface area (Å²) in [6.45, 7) is 19.2. The molecule has 0 atom stereocenters. The monoisotopic (exact) mass is 702 g/mol. The highest BCUT2D eigenvalue weighted by Gasteiger charge is 2.42. The minimum absolute atomic E-state index is 0.00221. The molecule has 3 aromatic carbocycles. The van der Waals surface area contributed by atoms with Crippen molar-refractivity contribution >= 4 is 51.3 Å². The van der Waals surface area contributed by atoms with Crippen LogP contribution in [0.2, 0.25) is 0 Å². The average molecular weight is 703 g/mol. The lowest BCUT2D eigenvalue weighted by Gasteiger charge is -2.48. The van der Waals surface area contributed by atoms with Gasteiger partial charge in [-0.2, -0.15) is 0 Å². The van der Waals surface area contributed by atoms with Gasteiger partial charge in [-0.3, -0.25) is 0 Å². The summed E-state index contributed by atoms with van der Waals surface area (Å²) in [7, 11) is 4.01. The van der Waals surface area contributed by atoms with Gasteiger partial charge in [0.25, 0.3) is 5.70 Å². The molecule has 0 saturated heterocycles. The van der Waals surface area contributed by atoms with Crippen LogP contribution in [0.5, 0.6) is 0 Å². The second kappa shape index (κ2) is 12.9. The molecule has 0 saturated carbocycles. The number of rotatable bonds is 6. The number of ether oxygens (including phenoxy) is 1. The summed E-state index contributed by atoms with van der Waals surface area (Å²) in [6.07, 6.45) is 12.9. The van der Waals surface area contributed by atoms with Crippen molar-refractivity contribution in [2.45, 2.75) is 51.4 Å². The molecule has 2 aromatic heterocycles. The van der Waals surface area contributed by atoms with Crippen LogP contribution in [0, 0.1) is 6.57 Å². The fraction of sp³-hybridized carbons (Fsp3) is 0.267. The van der Waals surface area contributed by atoms with Gasteiger partial charge in [-0.05, 0) is 107 Å². The van der Waals surface area contributed by atoms with E-state index in [1.165, 1.54) is 11.3 Å². The van der Waals surface area contributed by atoms with Gasteiger partial charge in [-0.1, -0.05) is 58.0 Å². The van der Waals surface area contributed by atoms with E-state index >= 15 is 0 Å². The zero-order valence-corrected chi connectivity index (χ0v) is 31.0. The van der Waals surface area contributed by atoms with E-state index in [0.29, 0.717) is 39.3 Å². The summed E-state index contributed by atoms with van der Waals surface area (Å²) in [5.74, 6) is 1.19. The molecule has 0 unspecified atom stereocenters. The summed E-state index contributed by atoms with van der Waals surface area (Å²) in [6, 6.07) is 19.8. The maximum absolute atomic E-state index is 13.7. The van der Waals surface area contributed by atoms with Crippen molar-refractivity contribution in [3.8, 4) is 0 Å². The predicted octanol–water partition coefficient (Wildman–Crippen LogP) is 10.0. The number of hydrogen-bond acceptors (Lipinski definition) is 7. The van der Waals surface area contributed by atoms with E-state index in [9.17, 15) is 4.79 Å². The molecular formula is C45H42N4O4. The number of aromatic nitrogens is 1. The van der Waals surface area contributed by atoms with Crippen molar-refractivity contribution in [3.05, 3.63) is 152 Å². The molecule has 0 fully saturated rings.